The second kappa shape index (κ2) is 9.89. The van der Waals surface area contributed by atoms with E-state index in [0.29, 0.717) is 35.9 Å². The number of benzene rings is 3. The van der Waals surface area contributed by atoms with Gasteiger partial charge >= 0.3 is 0 Å². The molecule has 0 spiro atoms. The number of ether oxygens (including phenoxy) is 1. The predicted molar refractivity (Wildman–Crippen MR) is 132 cm³/mol. The molecule has 0 unspecified atom stereocenters. The van der Waals surface area contributed by atoms with Crippen molar-refractivity contribution in [2.75, 3.05) is 18.4 Å². The zero-order valence-corrected chi connectivity index (χ0v) is 19.8. The monoisotopic (exact) mass is 491 g/mol. The maximum Gasteiger partial charge on any atom is 0.243 e. The molecule has 4 aromatic rings. The Labute approximate surface area is 203 Å². The van der Waals surface area contributed by atoms with Gasteiger partial charge in [-0.3, -0.25) is 4.79 Å². The zero-order valence-electron chi connectivity index (χ0n) is 19.0. The van der Waals surface area contributed by atoms with Gasteiger partial charge in [-0.05, 0) is 55.3 Å². The van der Waals surface area contributed by atoms with Crippen LogP contribution in [0.4, 0.5) is 5.69 Å². The summed E-state index contributed by atoms with van der Waals surface area (Å²) in [5, 5.41) is 7.59. The number of para-hydroxylation sites is 2. The number of amides is 1. The summed E-state index contributed by atoms with van der Waals surface area (Å²) in [6.45, 7) is 0.983. The Kier molecular flexibility index (Phi) is 6.52. The average Bonchev–Trinajstić information content (AvgIpc) is 3.29. The Morgan fingerprint density at radius 3 is 2.51 bits per heavy atom. The first-order chi connectivity index (χ1) is 17.0. The Bertz CT molecular complexity index is 1440. The van der Waals surface area contributed by atoms with Gasteiger partial charge in [-0.15, -0.1) is 0 Å². The first-order valence-electron chi connectivity index (χ1n) is 11.5. The molecule has 1 N–H and O–H groups in total. The van der Waals surface area contributed by atoms with Gasteiger partial charge in [-0.1, -0.05) is 41.9 Å². The van der Waals surface area contributed by atoms with Crippen LogP contribution < -0.4 is 10.1 Å². The quantitative estimate of drug-likeness (QED) is 0.391. The fourth-order valence-corrected chi connectivity index (χ4v) is 5.68. The lowest BCUT2D eigenvalue weighted by Crippen LogP contribution is -2.35. The molecule has 0 aliphatic carbocycles. The second-order valence-electron chi connectivity index (χ2n) is 8.39. The Balaban J connectivity index is 1.44. The minimum absolute atomic E-state index is 0.0368. The van der Waals surface area contributed by atoms with Gasteiger partial charge in [0.1, 0.15) is 11.4 Å². The third-order valence-corrected chi connectivity index (χ3v) is 7.82. The highest BCUT2D eigenvalue weighted by Crippen LogP contribution is 2.33. The topological polar surface area (TPSA) is 102 Å². The maximum atomic E-state index is 13.2. The van der Waals surface area contributed by atoms with Crippen molar-refractivity contribution in [1.29, 1.82) is 0 Å². The lowest BCUT2D eigenvalue weighted by Gasteiger charge is -2.26. The lowest BCUT2D eigenvalue weighted by molar-refractivity contribution is -0.115. The average molecular weight is 492 g/mol. The fourth-order valence-electron chi connectivity index (χ4n) is 4.14. The summed E-state index contributed by atoms with van der Waals surface area (Å²) in [6, 6.07) is 20.9. The van der Waals surface area contributed by atoms with Crippen LogP contribution in [0.1, 0.15) is 25.0 Å². The largest absolute Gasteiger partial charge is 0.455 e. The molecule has 9 heteroatoms. The van der Waals surface area contributed by atoms with Crippen molar-refractivity contribution in [1.82, 2.24) is 9.46 Å². The van der Waals surface area contributed by atoms with Crippen LogP contribution in [0.15, 0.2) is 82.2 Å². The molecule has 8 nitrogen and oxygen atoms in total. The van der Waals surface area contributed by atoms with Gasteiger partial charge < -0.3 is 14.6 Å². The number of piperidine rings is 1. The van der Waals surface area contributed by atoms with Crippen LogP contribution in [-0.4, -0.2) is 36.9 Å². The minimum atomic E-state index is -3.69. The molecular formula is C26H25N3O5S. The standard InChI is InChI=1S/C26H25N3O5S/c30-26(18-22-21-11-5-6-12-24(21)34-28-22)27-23-17-20(35(31,32)29-15-7-2-8-16-29)13-14-25(23)33-19-9-3-1-4-10-19/h1,3-6,9-14,17H,2,7-8,15-16,18H2,(H,27,30). The van der Waals surface area contributed by atoms with E-state index in [4.69, 9.17) is 9.26 Å². The molecule has 3 aromatic carbocycles. The number of carbonyl (C=O) groups is 1. The van der Waals surface area contributed by atoms with E-state index >= 15 is 0 Å². The molecule has 1 fully saturated rings. The molecule has 180 valence electrons. The normalized spacial score (nSPS) is 14.6. The van der Waals surface area contributed by atoms with Crippen LogP contribution in [0.25, 0.3) is 11.0 Å². The third-order valence-electron chi connectivity index (χ3n) is 5.93. The highest BCUT2D eigenvalue weighted by molar-refractivity contribution is 7.89. The van der Waals surface area contributed by atoms with E-state index in [1.807, 2.05) is 36.4 Å². The first kappa shape index (κ1) is 23.1. The molecule has 1 aliphatic rings. The summed E-state index contributed by atoms with van der Waals surface area (Å²) in [5.74, 6) is 0.541. The number of aromatic nitrogens is 1. The molecule has 0 saturated carbocycles. The van der Waals surface area contributed by atoms with E-state index in [0.717, 1.165) is 24.6 Å². The van der Waals surface area contributed by atoms with E-state index in [1.165, 1.54) is 16.4 Å². The van der Waals surface area contributed by atoms with Crippen LogP contribution >= 0.6 is 0 Å². The number of nitrogens with zero attached hydrogens (tertiary/aromatic N) is 2. The van der Waals surface area contributed by atoms with Crippen molar-refractivity contribution in [2.24, 2.45) is 0 Å². The SMILES string of the molecule is O=C(Cc1noc2ccccc12)Nc1cc(S(=O)(=O)N2CCCCC2)ccc1Oc1ccccc1. The lowest BCUT2D eigenvalue weighted by atomic mass is 10.1. The molecule has 1 aliphatic heterocycles. The van der Waals surface area contributed by atoms with Crippen LogP contribution in [-0.2, 0) is 21.2 Å². The summed E-state index contributed by atoms with van der Waals surface area (Å²) in [7, 11) is -3.69. The molecule has 2 heterocycles. The molecule has 0 atom stereocenters. The Hall–Kier alpha value is -3.69. The zero-order chi connectivity index (χ0) is 24.3. The van der Waals surface area contributed by atoms with Gasteiger partial charge in [-0.2, -0.15) is 4.31 Å². The molecule has 0 radical (unpaired) electrons. The summed E-state index contributed by atoms with van der Waals surface area (Å²) in [5.41, 5.74) is 1.36. The van der Waals surface area contributed by atoms with E-state index in [1.54, 1.807) is 24.3 Å². The van der Waals surface area contributed by atoms with Crippen molar-refractivity contribution < 1.29 is 22.5 Å². The summed E-state index contributed by atoms with van der Waals surface area (Å²) in [4.78, 5) is 13.1. The Morgan fingerprint density at radius 1 is 0.971 bits per heavy atom. The fraction of sp³-hybridized carbons (Fsp3) is 0.231. The summed E-state index contributed by atoms with van der Waals surface area (Å²) in [6.07, 6.45) is 2.66. The van der Waals surface area contributed by atoms with Crippen molar-refractivity contribution in [3.63, 3.8) is 0 Å². The van der Waals surface area contributed by atoms with E-state index < -0.39 is 10.0 Å². The smallest absolute Gasteiger partial charge is 0.243 e. The number of sulfonamides is 1. The number of hydrogen-bond donors (Lipinski definition) is 1. The molecule has 0 bridgehead atoms. The van der Waals surface area contributed by atoms with Crippen LogP contribution in [0.3, 0.4) is 0 Å². The maximum absolute atomic E-state index is 13.2. The van der Waals surface area contributed by atoms with E-state index in [-0.39, 0.29) is 22.9 Å². The van der Waals surface area contributed by atoms with E-state index in [2.05, 4.69) is 10.5 Å². The minimum Gasteiger partial charge on any atom is -0.455 e. The van der Waals surface area contributed by atoms with Crippen molar-refractivity contribution in [3.8, 4) is 11.5 Å². The van der Waals surface area contributed by atoms with Crippen LogP contribution in [0.5, 0.6) is 11.5 Å². The first-order valence-corrected chi connectivity index (χ1v) is 12.9. The summed E-state index contributed by atoms with van der Waals surface area (Å²) < 4.78 is 39.3. The van der Waals surface area contributed by atoms with Gasteiger partial charge in [-0.25, -0.2) is 8.42 Å². The number of hydrogen-bond acceptors (Lipinski definition) is 6. The number of nitrogens with one attached hydrogen (secondary N) is 1. The number of fused-ring (bicyclic) bond motifs is 1. The molecule has 1 aromatic heterocycles. The van der Waals surface area contributed by atoms with Gasteiger partial charge in [0.25, 0.3) is 0 Å². The number of rotatable bonds is 7. The predicted octanol–water partition coefficient (Wildman–Crippen LogP) is 4.98. The molecule has 35 heavy (non-hydrogen) atoms. The van der Waals surface area contributed by atoms with E-state index in [9.17, 15) is 13.2 Å². The molecule has 5 rings (SSSR count). The molecule has 1 amide bonds. The Morgan fingerprint density at radius 2 is 1.71 bits per heavy atom. The van der Waals surface area contributed by atoms with Gasteiger partial charge in [0, 0.05) is 18.5 Å². The van der Waals surface area contributed by atoms with Gasteiger partial charge in [0.15, 0.2) is 11.3 Å². The highest BCUT2D eigenvalue weighted by Gasteiger charge is 2.27. The van der Waals surface area contributed by atoms with Crippen molar-refractivity contribution in [2.45, 2.75) is 30.6 Å². The summed E-state index contributed by atoms with van der Waals surface area (Å²) >= 11 is 0. The third kappa shape index (κ3) is 5.06. The highest BCUT2D eigenvalue weighted by atomic mass is 32.2. The molecular weight excluding hydrogens is 466 g/mol. The van der Waals surface area contributed by atoms with Crippen molar-refractivity contribution in [3.05, 3.63) is 78.5 Å². The number of anilines is 1. The van der Waals surface area contributed by atoms with Crippen molar-refractivity contribution >= 4 is 32.6 Å². The van der Waals surface area contributed by atoms with Gasteiger partial charge in [0.05, 0.1) is 17.0 Å². The number of carbonyl (C=O) groups excluding carboxylic acids is 1. The molecule has 1 saturated heterocycles. The van der Waals surface area contributed by atoms with Crippen LogP contribution in [0.2, 0.25) is 0 Å². The van der Waals surface area contributed by atoms with Gasteiger partial charge in [0.2, 0.25) is 15.9 Å². The second-order valence-corrected chi connectivity index (χ2v) is 10.3. The van der Waals surface area contributed by atoms with Crippen LogP contribution in [0, 0.1) is 0 Å².